The number of hydrogen-bond donors (Lipinski definition) is 1. The molecule has 1 aliphatic rings. The first-order chi connectivity index (χ1) is 12.0. The van der Waals surface area contributed by atoms with Crippen molar-refractivity contribution in [2.75, 3.05) is 11.4 Å². The lowest BCUT2D eigenvalue weighted by Crippen LogP contribution is -2.51. The van der Waals surface area contributed by atoms with Crippen molar-refractivity contribution < 1.29 is 9.59 Å². The maximum absolute atomic E-state index is 13.1. The van der Waals surface area contributed by atoms with E-state index in [9.17, 15) is 9.59 Å². The van der Waals surface area contributed by atoms with Gasteiger partial charge in [-0.05, 0) is 42.5 Å². The normalized spacial score (nSPS) is 14.3. The molecule has 4 nitrogen and oxygen atoms in total. The van der Waals surface area contributed by atoms with E-state index in [2.05, 4.69) is 11.4 Å². The van der Waals surface area contributed by atoms with Crippen LogP contribution >= 0.6 is 0 Å². The summed E-state index contributed by atoms with van der Waals surface area (Å²) >= 11 is 0. The Morgan fingerprint density at radius 2 is 1.72 bits per heavy atom. The molecule has 25 heavy (non-hydrogen) atoms. The van der Waals surface area contributed by atoms with Gasteiger partial charge in [0.1, 0.15) is 6.04 Å². The summed E-state index contributed by atoms with van der Waals surface area (Å²) < 4.78 is 0. The van der Waals surface area contributed by atoms with Gasteiger partial charge in [-0.15, -0.1) is 0 Å². The number of benzene rings is 2. The minimum Gasteiger partial charge on any atom is -0.340 e. The third-order valence-corrected chi connectivity index (χ3v) is 4.76. The van der Waals surface area contributed by atoms with Crippen LogP contribution in [0.2, 0.25) is 0 Å². The average molecular weight is 336 g/mol. The molecule has 2 aromatic rings. The molecular formula is C21H24N2O2. The van der Waals surface area contributed by atoms with Crippen LogP contribution in [0.15, 0.2) is 48.5 Å². The molecule has 0 aromatic heterocycles. The summed E-state index contributed by atoms with van der Waals surface area (Å²) in [6.45, 7) is 6.49. The zero-order chi connectivity index (χ0) is 18.0. The van der Waals surface area contributed by atoms with Crippen molar-refractivity contribution in [1.82, 2.24) is 5.32 Å². The first kappa shape index (κ1) is 17.2. The quantitative estimate of drug-likeness (QED) is 0.931. The van der Waals surface area contributed by atoms with Crippen molar-refractivity contribution in [3.8, 4) is 0 Å². The Kier molecular flexibility index (Phi) is 4.88. The molecular weight excluding hydrogens is 312 g/mol. The average Bonchev–Trinajstić information content (AvgIpc) is 3.03. The van der Waals surface area contributed by atoms with Crippen LogP contribution in [0.4, 0.5) is 5.69 Å². The Labute approximate surface area is 148 Å². The summed E-state index contributed by atoms with van der Waals surface area (Å²) in [6, 6.07) is 14.9. The number of anilines is 1. The van der Waals surface area contributed by atoms with E-state index in [-0.39, 0.29) is 17.7 Å². The fourth-order valence-electron chi connectivity index (χ4n) is 3.30. The third kappa shape index (κ3) is 3.43. The lowest BCUT2D eigenvalue weighted by atomic mass is 10.0. The van der Waals surface area contributed by atoms with E-state index in [1.165, 1.54) is 5.56 Å². The van der Waals surface area contributed by atoms with Gasteiger partial charge in [0, 0.05) is 17.8 Å². The molecule has 1 aliphatic heterocycles. The van der Waals surface area contributed by atoms with Crippen molar-refractivity contribution in [2.45, 2.75) is 33.2 Å². The SMILES string of the molecule is Cc1ccccc1C(=O)N[C@@H](C(=O)N1CCc2ccccc21)C(C)C. The minimum absolute atomic E-state index is 0.00762. The van der Waals surface area contributed by atoms with Gasteiger partial charge in [0.15, 0.2) is 0 Å². The lowest BCUT2D eigenvalue weighted by molar-refractivity contribution is -0.121. The lowest BCUT2D eigenvalue weighted by Gasteiger charge is -2.27. The summed E-state index contributed by atoms with van der Waals surface area (Å²) in [6.07, 6.45) is 0.860. The number of nitrogens with one attached hydrogen (secondary N) is 1. The van der Waals surface area contributed by atoms with Crippen molar-refractivity contribution in [3.63, 3.8) is 0 Å². The third-order valence-electron chi connectivity index (χ3n) is 4.76. The zero-order valence-electron chi connectivity index (χ0n) is 15.0. The molecule has 0 spiro atoms. The molecule has 0 fully saturated rings. The Morgan fingerprint density at radius 1 is 1.04 bits per heavy atom. The van der Waals surface area contributed by atoms with Crippen LogP contribution in [0.3, 0.4) is 0 Å². The molecule has 0 radical (unpaired) electrons. The molecule has 3 rings (SSSR count). The van der Waals surface area contributed by atoms with E-state index >= 15 is 0 Å². The highest BCUT2D eigenvalue weighted by Gasteiger charge is 2.33. The van der Waals surface area contributed by atoms with Crippen LogP contribution in [0.5, 0.6) is 0 Å². The van der Waals surface area contributed by atoms with Crippen molar-refractivity contribution in [3.05, 3.63) is 65.2 Å². The number of aryl methyl sites for hydroxylation is 1. The number of carbonyl (C=O) groups excluding carboxylic acids is 2. The smallest absolute Gasteiger partial charge is 0.252 e. The second-order valence-electron chi connectivity index (χ2n) is 6.88. The van der Waals surface area contributed by atoms with Gasteiger partial charge in [0.05, 0.1) is 0 Å². The van der Waals surface area contributed by atoms with Crippen molar-refractivity contribution >= 4 is 17.5 Å². The Balaban J connectivity index is 1.81. The summed E-state index contributed by atoms with van der Waals surface area (Å²) in [5.41, 5.74) is 3.66. The number of amides is 2. The van der Waals surface area contributed by atoms with Gasteiger partial charge in [-0.25, -0.2) is 0 Å². The topological polar surface area (TPSA) is 49.4 Å². The van der Waals surface area contributed by atoms with Crippen LogP contribution in [0.25, 0.3) is 0 Å². The van der Waals surface area contributed by atoms with Crippen LogP contribution in [0.1, 0.15) is 35.3 Å². The molecule has 0 saturated heterocycles. The van der Waals surface area contributed by atoms with Crippen LogP contribution in [-0.4, -0.2) is 24.4 Å². The fourth-order valence-corrected chi connectivity index (χ4v) is 3.30. The van der Waals surface area contributed by atoms with Crippen LogP contribution < -0.4 is 10.2 Å². The van der Waals surface area contributed by atoms with E-state index in [4.69, 9.17) is 0 Å². The predicted molar refractivity (Wildman–Crippen MR) is 99.8 cm³/mol. The molecule has 2 amide bonds. The van der Waals surface area contributed by atoms with E-state index in [1.807, 2.05) is 57.2 Å². The van der Waals surface area contributed by atoms with Gasteiger partial charge >= 0.3 is 0 Å². The molecule has 2 aromatic carbocycles. The van der Waals surface area contributed by atoms with Crippen LogP contribution in [-0.2, 0) is 11.2 Å². The summed E-state index contributed by atoms with van der Waals surface area (Å²) in [5, 5.41) is 2.95. The van der Waals surface area contributed by atoms with E-state index in [0.29, 0.717) is 12.1 Å². The molecule has 1 heterocycles. The summed E-state index contributed by atoms with van der Waals surface area (Å²) in [5.74, 6) is -0.229. The highest BCUT2D eigenvalue weighted by molar-refractivity contribution is 6.03. The Morgan fingerprint density at radius 3 is 2.44 bits per heavy atom. The number of fused-ring (bicyclic) bond motifs is 1. The monoisotopic (exact) mass is 336 g/mol. The van der Waals surface area contributed by atoms with Gasteiger partial charge in [-0.3, -0.25) is 9.59 Å². The number of hydrogen-bond acceptors (Lipinski definition) is 2. The standard InChI is InChI=1S/C21H24N2O2/c1-14(2)19(22-20(24)17-10-6-4-8-15(17)3)21(25)23-13-12-16-9-5-7-11-18(16)23/h4-11,14,19H,12-13H2,1-3H3,(H,22,24)/t19-/m1/s1. The van der Waals surface area contributed by atoms with Gasteiger partial charge in [0.2, 0.25) is 5.91 Å². The zero-order valence-corrected chi connectivity index (χ0v) is 15.0. The molecule has 4 heteroatoms. The molecule has 130 valence electrons. The summed E-state index contributed by atoms with van der Waals surface area (Å²) in [4.78, 5) is 27.6. The van der Waals surface area contributed by atoms with Gasteiger partial charge in [0.25, 0.3) is 5.91 Å². The second-order valence-corrected chi connectivity index (χ2v) is 6.88. The molecule has 0 unspecified atom stereocenters. The largest absolute Gasteiger partial charge is 0.340 e. The van der Waals surface area contributed by atoms with Gasteiger partial charge in [-0.2, -0.15) is 0 Å². The Bertz CT molecular complexity index is 798. The molecule has 0 aliphatic carbocycles. The Hall–Kier alpha value is -2.62. The second kappa shape index (κ2) is 7.09. The molecule has 1 N–H and O–H groups in total. The van der Waals surface area contributed by atoms with Gasteiger partial charge < -0.3 is 10.2 Å². The highest BCUT2D eigenvalue weighted by Crippen LogP contribution is 2.28. The minimum atomic E-state index is -0.543. The van der Waals surface area contributed by atoms with Gasteiger partial charge in [-0.1, -0.05) is 50.2 Å². The molecule has 1 atom stereocenters. The molecule has 0 bridgehead atoms. The van der Waals surface area contributed by atoms with E-state index in [1.54, 1.807) is 11.0 Å². The summed E-state index contributed by atoms with van der Waals surface area (Å²) in [7, 11) is 0. The van der Waals surface area contributed by atoms with Crippen LogP contribution in [0, 0.1) is 12.8 Å². The first-order valence-corrected chi connectivity index (χ1v) is 8.75. The predicted octanol–water partition coefficient (Wildman–Crippen LogP) is 3.34. The molecule has 0 saturated carbocycles. The highest BCUT2D eigenvalue weighted by atomic mass is 16.2. The fraction of sp³-hybridized carbons (Fsp3) is 0.333. The van der Waals surface area contributed by atoms with E-state index < -0.39 is 6.04 Å². The van der Waals surface area contributed by atoms with Crippen molar-refractivity contribution in [2.24, 2.45) is 5.92 Å². The van der Waals surface area contributed by atoms with E-state index in [0.717, 1.165) is 17.7 Å². The number of nitrogens with zero attached hydrogens (tertiary/aromatic N) is 1. The number of carbonyl (C=O) groups is 2. The maximum atomic E-state index is 13.1. The number of rotatable bonds is 4. The first-order valence-electron chi connectivity index (χ1n) is 8.75. The maximum Gasteiger partial charge on any atom is 0.252 e. The number of para-hydroxylation sites is 1. The van der Waals surface area contributed by atoms with Crippen molar-refractivity contribution in [1.29, 1.82) is 0 Å².